The average molecular weight is 275 g/mol. The molecule has 1 aromatic rings. The molecule has 2 saturated heterocycles. The number of amides is 3. The van der Waals surface area contributed by atoms with Crippen molar-refractivity contribution in [1.82, 2.24) is 15.2 Å². The van der Waals surface area contributed by atoms with Gasteiger partial charge >= 0.3 is 0 Å². The molecule has 0 spiro atoms. The standard InChI is InChI=1S/C13H13N3O4/c1-20-10-4-2-3-9(14-10)13(19)16-5-7-8(6-16)12(18)15-11(7)17/h2-4,7-8H,5-6H2,1H3,(H,15,17,18)/t7-,8+. The fraction of sp³-hybridized carbons (Fsp3) is 0.385. The van der Waals surface area contributed by atoms with Crippen molar-refractivity contribution in [3.8, 4) is 5.88 Å². The molecule has 0 aromatic carbocycles. The zero-order valence-electron chi connectivity index (χ0n) is 10.8. The molecule has 3 heterocycles. The number of aromatic nitrogens is 1. The van der Waals surface area contributed by atoms with Crippen LogP contribution in [0.25, 0.3) is 0 Å². The van der Waals surface area contributed by atoms with Crippen LogP contribution in [-0.4, -0.2) is 47.8 Å². The van der Waals surface area contributed by atoms with E-state index in [1.807, 2.05) is 0 Å². The van der Waals surface area contributed by atoms with Crippen molar-refractivity contribution in [2.45, 2.75) is 0 Å². The maximum atomic E-state index is 12.3. The van der Waals surface area contributed by atoms with Gasteiger partial charge in [-0.15, -0.1) is 0 Å². The molecule has 0 aliphatic carbocycles. The Morgan fingerprint density at radius 2 is 1.95 bits per heavy atom. The number of methoxy groups -OCH3 is 1. The molecule has 2 fully saturated rings. The van der Waals surface area contributed by atoms with Gasteiger partial charge in [-0.1, -0.05) is 6.07 Å². The number of nitrogens with zero attached hydrogens (tertiary/aromatic N) is 2. The molecule has 1 N–H and O–H groups in total. The van der Waals surface area contributed by atoms with E-state index >= 15 is 0 Å². The molecule has 2 aliphatic rings. The first-order chi connectivity index (χ1) is 9.60. The molecule has 3 amide bonds. The summed E-state index contributed by atoms with van der Waals surface area (Å²) in [6, 6.07) is 4.90. The van der Waals surface area contributed by atoms with E-state index in [-0.39, 0.29) is 36.5 Å². The van der Waals surface area contributed by atoms with Crippen LogP contribution in [0.4, 0.5) is 0 Å². The van der Waals surface area contributed by atoms with Gasteiger partial charge in [0.1, 0.15) is 5.69 Å². The Hall–Kier alpha value is -2.44. The minimum Gasteiger partial charge on any atom is -0.481 e. The lowest BCUT2D eigenvalue weighted by molar-refractivity contribution is -0.126. The third kappa shape index (κ3) is 1.91. The van der Waals surface area contributed by atoms with Gasteiger partial charge < -0.3 is 9.64 Å². The molecule has 7 nitrogen and oxygen atoms in total. The number of carbonyl (C=O) groups is 3. The molecule has 1 aromatic heterocycles. The molecule has 3 rings (SSSR count). The molecule has 20 heavy (non-hydrogen) atoms. The Kier molecular flexibility index (Phi) is 2.89. The van der Waals surface area contributed by atoms with E-state index < -0.39 is 11.8 Å². The highest BCUT2D eigenvalue weighted by Gasteiger charge is 2.49. The summed E-state index contributed by atoms with van der Waals surface area (Å²) in [4.78, 5) is 41.0. The fourth-order valence-electron chi connectivity index (χ4n) is 2.62. The van der Waals surface area contributed by atoms with Crippen LogP contribution in [0.3, 0.4) is 0 Å². The predicted octanol–water partition coefficient (Wildman–Crippen LogP) is -0.565. The zero-order valence-corrected chi connectivity index (χ0v) is 10.8. The Morgan fingerprint density at radius 1 is 1.30 bits per heavy atom. The van der Waals surface area contributed by atoms with Crippen LogP contribution in [0, 0.1) is 11.8 Å². The second-order valence-electron chi connectivity index (χ2n) is 4.84. The first kappa shape index (κ1) is 12.6. The molecular formula is C13H13N3O4. The number of rotatable bonds is 2. The summed E-state index contributed by atoms with van der Waals surface area (Å²) < 4.78 is 4.98. The van der Waals surface area contributed by atoms with Crippen LogP contribution in [0.1, 0.15) is 10.5 Å². The lowest BCUT2D eigenvalue weighted by Gasteiger charge is -2.16. The molecule has 104 valence electrons. The van der Waals surface area contributed by atoms with Gasteiger partial charge in [0.15, 0.2) is 0 Å². The van der Waals surface area contributed by atoms with Crippen LogP contribution in [0.2, 0.25) is 0 Å². The summed E-state index contributed by atoms with van der Waals surface area (Å²) in [6.45, 7) is 0.500. The normalized spacial score (nSPS) is 24.6. The average Bonchev–Trinajstić information content (AvgIpc) is 3.01. The van der Waals surface area contributed by atoms with Crippen molar-refractivity contribution in [3.05, 3.63) is 23.9 Å². The van der Waals surface area contributed by atoms with E-state index in [9.17, 15) is 14.4 Å². The van der Waals surface area contributed by atoms with Crippen molar-refractivity contribution in [1.29, 1.82) is 0 Å². The molecule has 0 unspecified atom stereocenters. The number of hydrogen-bond acceptors (Lipinski definition) is 5. The maximum Gasteiger partial charge on any atom is 0.272 e. The Morgan fingerprint density at radius 3 is 2.55 bits per heavy atom. The molecule has 0 radical (unpaired) electrons. The smallest absolute Gasteiger partial charge is 0.272 e. The fourth-order valence-corrected chi connectivity index (χ4v) is 2.62. The Bertz CT molecular complexity index is 579. The van der Waals surface area contributed by atoms with Gasteiger partial charge in [-0.3, -0.25) is 19.7 Å². The Labute approximate surface area is 114 Å². The number of carbonyl (C=O) groups excluding carboxylic acids is 3. The quantitative estimate of drug-likeness (QED) is 0.730. The first-order valence-electron chi connectivity index (χ1n) is 6.25. The van der Waals surface area contributed by atoms with Gasteiger partial charge in [0.05, 0.1) is 18.9 Å². The van der Waals surface area contributed by atoms with Gasteiger partial charge in [-0.25, -0.2) is 4.98 Å². The molecule has 2 atom stereocenters. The largest absolute Gasteiger partial charge is 0.481 e. The highest BCUT2D eigenvalue weighted by molar-refractivity contribution is 6.06. The minimum absolute atomic E-state index is 0.247. The summed E-state index contributed by atoms with van der Waals surface area (Å²) in [5, 5.41) is 2.28. The van der Waals surface area contributed by atoms with E-state index in [0.29, 0.717) is 5.88 Å². The maximum absolute atomic E-state index is 12.3. The van der Waals surface area contributed by atoms with Gasteiger partial charge in [0.25, 0.3) is 5.91 Å². The monoisotopic (exact) mass is 275 g/mol. The van der Waals surface area contributed by atoms with Crippen LogP contribution in [0.5, 0.6) is 5.88 Å². The summed E-state index contributed by atoms with van der Waals surface area (Å²) in [7, 11) is 1.47. The van der Waals surface area contributed by atoms with Crippen molar-refractivity contribution in [2.24, 2.45) is 11.8 Å². The third-order valence-corrected chi connectivity index (χ3v) is 3.68. The summed E-state index contributed by atoms with van der Waals surface area (Å²) in [5.41, 5.74) is 0.247. The number of hydrogen-bond donors (Lipinski definition) is 1. The SMILES string of the molecule is COc1cccc(C(=O)N2C[C@@H]3C(=O)NC(=O)[C@@H]3C2)n1. The Balaban J connectivity index is 1.79. The summed E-state index contributed by atoms with van der Waals surface area (Å²) >= 11 is 0. The highest BCUT2D eigenvalue weighted by atomic mass is 16.5. The van der Waals surface area contributed by atoms with Crippen molar-refractivity contribution in [2.75, 3.05) is 20.2 Å². The molecule has 7 heteroatoms. The number of nitrogens with one attached hydrogen (secondary N) is 1. The lowest BCUT2D eigenvalue weighted by atomic mass is 10.00. The van der Waals surface area contributed by atoms with E-state index in [4.69, 9.17) is 4.74 Å². The van der Waals surface area contributed by atoms with Crippen molar-refractivity contribution in [3.63, 3.8) is 0 Å². The number of imide groups is 1. The zero-order chi connectivity index (χ0) is 14.3. The third-order valence-electron chi connectivity index (χ3n) is 3.68. The lowest BCUT2D eigenvalue weighted by Crippen LogP contribution is -2.35. The van der Waals surface area contributed by atoms with E-state index in [1.165, 1.54) is 12.0 Å². The van der Waals surface area contributed by atoms with Crippen LogP contribution < -0.4 is 10.1 Å². The van der Waals surface area contributed by atoms with Crippen molar-refractivity contribution < 1.29 is 19.1 Å². The second-order valence-corrected chi connectivity index (χ2v) is 4.84. The van der Waals surface area contributed by atoms with Crippen molar-refractivity contribution >= 4 is 17.7 Å². The number of fused-ring (bicyclic) bond motifs is 1. The molecule has 0 saturated carbocycles. The number of ether oxygens (including phenoxy) is 1. The van der Waals surface area contributed by atoms with E-state index in [0.717, 1.165) is 0 Å². The second kappa shape index (κ2) is 4.59. The van der Waals surface area contributed by atoms with Crippen LogP contribution in [0.15, 0.2) is 18.2 Å². The molecular weight excluding hydrogens is 262 g/mol. The van der Waals surface area contributed by atoms with E-state index in [2.05, 4.69) is 10.3 Å². The van der Waals surface area contributed by atoms with Gasteiger partial charge in [0, 0.05) is 19.2 Å². The number of likely N-dealkylation sites (tertiary alicyclic amines) is 1. The van der Waals surface area contributed by atoms with Crippen LogP contribution >= 0.6 is 0 Å². The van der Waals surface area contributed by atoms with E-state index in [1.54, 1.807) is 18.2 Å². The predicted molar refractivity (Wildman–Crippen MR) is 66.8 cm³/mol. The van der Waals surface area contributed by atoms with Gasteiger partial charge in [0.2, 0.25) is 17.7 Å². The minimum atomic E-state index is -0.433. The highest BCUT2D eigenvalue weighted by Crippen LogP contribution is 2.29. The summed E-state index contributed by atoms with van der Waals surface area (Å²) in [6.07, 6.45) is 0. The molecule has 2 aliphatic heterocycles. The van der Waals surface area contributed by atoms with Gasteiger partial charge in [-0.2, -0.15) is 0 Å². The summed E-state index contributed by atoms with van der Waals surface area (Å²) in [5.74, 6) is -1.40. The van der Waals surface area contributed by atoms with Gasteiger partial charge in [-0.05, 0) is 6.07 Å². The first-order valence-corrected chi connectivity index (χ1v) is 6.25. The topological polar surface area (TPSA) is 88.6 Å². The molecule has 0 bridgehead atoms. The number of pyridine rings is 1. The van der Waals surface area contributed by atoms with Crippen LogP contribution in [-0.2, 0) is 9.59 Å².